The predicted octanol–water partition coefficient (Wildman–Crippen LogP) is 2.07. The van der Waals surface area contributed by atoms with E-state index in [-0.39, 0.29) is 0 Å². The van der Waals surface area contributed by atoms with E-state index in [1.54, 1.807) is 0 Å². The molecule has 2 N–H and O–H groups in total. The molecule has 0 spiro atoms. The Morgan fingerprint density at radius 2 is 1.82 bits per heavy atom. The lowest BCUT2D eigenvalue weighted by atomic mass is 9.98. The number of alkyl halides is 3. The Morgan fingerprint density at radius 1 is 1.27 bits per heavy atom. The SMILES string of the molecule is NCCC1(CC(F)(F)F)CC1. The van der Waals surface area contributed by atoms with Gasteiger partial charge in [-0.15, -0.1) is 0 Å². The monoisotopic (exact) mass is 167 g/mol. The van der Waals surface area contributed by atoms with Crippen LogP contribution in [0, 0.1) is 5.41 Å². The van der Waals surface area contributed by atoms with Crippen molar-refractivity contribution < 1.29 is 13.2 Å². The highest BCUT2D eigenvalue weighted by Gasteiger charge is 2.49. The first-order valence-electron chi connectivity index (χ1n) is 3.74. The molecule has 0 heterocycles. The summed E-state index contributed by atoms with van der Waals surface area (Å²) in [6.07, 6.45) is -2.73. The second kappa shape index (κ2) is 2.66. The lowest BCUT2D eigenvalue weighted by molar-refractivity contribution is -0.147. The minimum absolute atomic E-state index is 0.371. The van der Waals surface area contributed by atoms with Crippen LogP contribution in [0.4, 0.5) is 13.2 Å². The van der Waals surface area contributed by atoms with Gasteiger partial charge < -0.3 is 5.73 Å². The van der Waals surface area contributed by atoms with E-state index in [1.807, 2.05) is 0 Å². The zero-order valence-electron chi connectivity index (χ0n) is 6.25. The fourth-order valence-electron chi connectivity index (χ4n) is 1.42. The van der Waals surface area contributed by atoms with E-state index in [4.69, 9.17) is 5.73 Å². The van der Waals surface area contributed by atoms with Crippen molar-refractivity contribution in [2.24, 2.45) is 11.1 Å². The standard InChI is InChI=1S/C7H12F3N/c8-7(9,10)5-6(1-2-6)3-4-11/h1-5,11H2. The predicted molar refractivity (Wildman–Crippen MR) is 36.0 cm³/mol. The molecule has 0 aliphatic heterocycles. The summed E-state index contributed by atoms with van der Waals surface area (Å²) in [4.78, 5) is 0. The van der Waals surface area contributed by atoms with Gasteiger partial charge in [-0.2, -0.15) is 13.2 Å². The van der Waals surface area contributed by atoms with Crippen molar-refractivity contribution in [3.8, 4) is 0 Å². The van der Waals surface area contributed by atoms with Crippen LogP contribution < -0.4 is 5.73 Å². The summed E-state index contributed by atoms with van der Waals surface area (Å²) in [5.74, 6) is 0. The van der Waals surface area contributed by atoms with Gasteiger partial charge >= 0.3 is 6.18 Å². The third kappa shape index (κ3) is 2.69. The molecule has 0 aromatic carbocycles. The molecule has 1 aliphatic rings. The van der Waals surface area contributed by atoms with Crippen molar-refractivity contribution in [2.75, 3.05) is 6.54 Å². The number of hydrogen-bond donors (Lipinski definition) is 1. The first kappa shape index (κ1) is 8.84. The summed E-state index contributed by atoms with van der Waals surface area (Å²) in [6.45, 7) is 0.371. The van der Waals surface area contributed by atoms with Gasteiger partial charge in [0.05, 0.1) is 0 Å². The highest BCUT2D eigenvalue weighted by atomic mass is 19.4. The van der Waals surface area contributed by atoms with Gasteiger partial charge in [-0.3, -0.25) is 0 Å². The van der Waals surface area contributed by atoms with Gasteiger partial charge in [0.2, 0.25) is 0 Å². The zero-order chi connectivity index (χ0) is 8.54. The average molecular weight is 167 g/mol. The number of rotatable bonds is 3. The summed E-state index contributed by atoms with van der Waals surface area (Å²) in [5.41, 5.74) is 4.74. The fraction of sp³-hybridized carbons (Fsp3) is 1.00. The van der Waals surface area contributed by atoms with E-state index in [0.717, 1.165) is 0 Å². The normalized spacial score (nSPS) is 21.8. The maximum atomic E-state index is 11.9. The van der Waals surface area contributed by atoms with Gasteiger partial charge in [-0.05, 0) is 31.2 Å². The quantitative estimate of drug-likeness (QED) is 0.684. The van der Waals surface area contributed by atoms with Crippen LogP contribution in [-0.2, 0) is 0 Å². The molecule has 1 aliphatic carbocycles. The molecule has 66 valence electrons. The molecule has 1 fully saturated rings. The molecule has 0 aromatic heterocycles. The Hall–Kier alpha value is -0.250. The maximum absolute atomic E-state index is 11.9. The fourth-order valence-corrected chi connectivity index (χ4v) is 1.42. The van der Waals surface area contributed by atoms with Crippen molar-refractivity contribution in [3.05, 3.63) is 0 Å². The Labute approximate surface area is 63.8 Å². The summed E-state index contributed by atoms with van der Waals surface area (Å²) >= 11 is 0. The van der Waals surface area contributed by atoms with Crippen molar-refractivity contribution in [2.45, 2.75) is 31.9 Å². The Kier molecular flexibility index (Phi) is 2.14. The smallest absolute Gasteiger partial charge is 0.330 e. The van der Waals surface area contributed by atoms with Gasteiger partial charge in [0.1, 0.15) is 0 Å². The van der Waals surface area contributed by atoms with Gasteiger partial charge in [-0.25, -0.2) is 0 Å². The topological polar surface area (TPSA) is 26.0 Å². The van der Waals surface area contributed by atoms with Crippen LogP contribution in [0.15, 0.2) is 0 Å². The van der Waals surface area contributed by atoms with E-state index in [0.29, 0.717) is 25.8 Å². The lowest BCUT2D eigenvalue weighted by Crippen LogP contribution is -2.18. The molecule has 0 saturated heterocycles. The lowest BCUT2D eigenvalue weighted by Gasteiger charge is -2.15. The van der Waals surface area contributed by atoms with Crippen LogP contribution in [0.2, 0.25) is 0 Å². The zero-order valence-corrected chi connectivity index (χ0v) is 6.25. The highest BCUT2D eigenvalue weighted by molar-refractivity contribution is 4.94. The molecule has 1 nitrogen and oxygen atoms in total. The van der Waals surface area contributed by atoms with Crippen LogP contribution in [0.3, 0.4) is 0 Å². The number of nitrogens with two attached hydrogens (primary N) is 1. The van der Waals surface area contributed by atoms with E-state index in [1.165, 1.54) is 0 Å². The van der Waals surface area contributed by atoms with Crippen LogP contribution >= 0.6 is 0 Å². The molecule has 0 bridgehead atoms. The summed E-state index contributed by atoms with van der Waals surface area (Å²) < 4.78 is 35.6. The van der Waals surface area contributed by atoms with Crippen molar-refractivity contribution in [3.63, 3.8) is 0 Å². The first-order chi connectivity index (χ1) is 4.97. The number of hydrogen-bond acceptors (Lipinski definition) is 1. The maximum Gasteiger partial charge on any atom is 0.389 e. The molecule has 0 atom stereocenters. The van der Waals surface area contributed by atoms with Crippen LogP contribution in [0.1, 0.15) is 25.7 Å². The largest absolute Gasteiger partial charge is 0.389 e. The molecule has 0 amide bonds. The van der Waals surface area contributed by atoms with Gasteiger partial charge in [0.15, 0.2) is 0 Å². The first-order valence-corrected chi connectivity index (χ1v) is 3.74. The van der Waals surface area contributed by atoms with E-state index < -0.39 is 18.0 Å². The van der Waals surface area contributed by atoms with Crippen molar-refractivity contribution in [1.82, 2.24) is 0 Å². The van der Waals surface area contributed by atoms with Crippen LogP contribution in [-0.4, -0.2) is 12.7 Å². The molecule has 0 aromatic rings. The minimum Gasteiger partial charge on any atom is -0.330 e. The molecular weight excluding hydrogens is 155 g/mol. The molecular formula is C7H12F3N. The van der Waals surface area contributed by atoms with E-state index >= 15 is 0 Å². The van der Waals surface area contributed by atoms with Gasteiger partial charge in [0.25, 0.3) is 0 Å². The van der Waals surface area contributed by atoms with Crippen LogP contribution in [0.5, 0.6) is 0 Å². The molecule has 1 rings (SSSR count). The summed E-state index contributed by atoms with van der Waals surface area (Å²) in [6, 6.07) is 0. The Balaban J connectivity index is 2.35. The van der Waals surface area contributed by atoms with Crippen molar-refractivity contribution >= 4 is 0 Å². The molecule has 0 radical (unpaired) electrons. The molecule has 4 heteroatoms. The summed E-state index contributed by atoms with van der Waals surface area (Å²) in [5, 5.41) is 0. The van der Waals surface area contributed by atoms with Gasteiger partial charge in [-0.1, -0.05) is 0 Å². The second-order valence-corrected chi connectivity index (χ2v) is 3.33. The third-order valence-corrected chi connectivity index (χ3v) is 2.21. The second-order valence-electron chi connectivity index (χ2n) is 3.33. The minimum atomic E-state index is -4.01. The average Bonchev–Trinajstić information content (AvgIpc) is 2.44. The molecule has 1 saturated carbocycles. The Bertz CT molecular complexity index is 137. The van der Waals surface area contributed by atoms with E-state index in [9.17, 15) is 13.2 Å². The Morgan fingerprint density at radius 3 is 2.09 bits per heavy atom. The number of halogens is 3. The third-order valence-electron chi connectivity index (χ3n) is 2.21. The molecule has 11 heavy (non-hydrogen) atoms. The van der Waals surface area contributed by atoms with E-state index in [2.05, 4.69) is 0 Å². The van der Waals surface area contributed by atoms with Crippen molar-refractivity contribution in [1.29, 1.82) is 0 Å². The van der Waals surface area contributed by atoms with Crippen LogP contribution in [0.25, 0.3) is 0 Å². The molecule has 0 unspecified atom stereocenters. The summed E-state index contributed by atoms with van der Waals surface area (Å²) in [7, 11) is 0. The van der Waals surface area contributed by atoms with Gasteiger partial charge in [0, 0.05) is 6.42 Å². The highest BCUT2D eigenvalue weighted by Crippen LogP contribution is 2.55.